The minimum Gasteiger partial charge on any atom is -0.0912 e. The van der Waals surface area contributed by atoms with Crippen molar-refractivity contribution in [3.63, 3.8) is 0 Å². The fraction of sp³-hybridized carbons (Fsp3) is 0.143. The van der Waals surface area contributed by atoms with E-state index in [0.717, 1.165) is 11.1 Å². The maximum atomic E-state index is 3.91. The van der Waals surface area contributed by atoms with Crippen LogP contribution in [0.5, 0.6) is 0 Å². The van der Waals surface area contributed by atoms with Gasteiger partial charge in [-0.05, 0) is 25.0 Å². The van der Waals surface area contributed by atoms with Crippen molar-refractivity contribution in [3.8, 4) is 0 Å². The minimum absolute atomic E-state index is 0.934. The molecule has 0 rings (SSSR count). The van der Waals surface area contributed by atoms with Crippen LogP contribution in [0.15, 0.2) is 72.9 Å². The molecule has 0 amide bonds. The fourth-order valence-electron chi connectivity index (χ4n) is 0.780. The molecule has 0 nitrogen and oxygen atoms in total. The molecule has 0 atom stereocenters. The van der Waals surface area contributed by atoms with Gasteiger partial charge in [-0.1, -0.05) is 61.8 Å². The van der Waals surface area contributed by atoms with Gasteiger partial charge in [-0.15, -0.1) is 0 Å². The Bertz CT molecular complexity index is 264. The summed E-state index contributed by atoms with van der Waals surface area (Å²) in [5.74, 6) is 0. The Kier molecular flexibility index (Phi) is 7.16. The van der Waals surface area contributed by atoms with Crippen LogP contribution >= 0.6 is 0 Å². The number of hydrogen-bond acceptors (Lipinski definition) is 0. The molecule has 0 radical (unpaired) electrons. The molecule has 0 fully saturated rings. The zero-order valence-corrected chi connectivity index (χ0v) is 9.03. The van der Waals surface area contributed by atoms with Crippen LogP contribution < -0.4 is 0 Å². The van der Waals surface area contributed by atoms with Crippen LogP contribution in [0.3, 0.4) is 0 Å². The quantitative estimate of drug-likeness (QED) is 0.559. The number of hydrogen-bond donors (Lipinski definition) is 0. The lowest BCUT2D eigenvalue weighted by atomic mass is 10.1. The predicted octanol–water partition coefficient (Wildman–Crippen LogP) is 4.36. The van der Waals surface area contributed by atoms with Crippen LogP contribution in [0.25, 0.3) is 0 Å². The molecule has 0 saturated heterocycles. The Morgan fingerprint density at radius 2 is 1.07 bits per heavy atom. The van der Waals surface area contributed by atoms with Crippen molar-refractivity contribution in [2.45, 2.75) is 13.8 Å². The molecule has 14 heavy (non-hydrogen) atoms. The van der Waals surface area contributed by atoms with E-state index in [9.17, 15) is 0 Å². The average Bonchev–Trinajstić information content (AvgIpc) is 2.18. The SMILES string of the molecule is C=C(/C=C\C=C/C)C(=C)/C=C\C=C/C. The predicted molar refractivity (Wildman–Crippen MR) is 66.2 cm³/mol. The van der Waals surface area contributed by atoms with E-state index in [-0.39, 0.29) is 0 Å². The lowest BCUT2D eigenvalue weighted by Gasteiger charge is -1.96. The normalized spacial score (nSPS) is 12.4. The van der Waals surface area contributed by atoms with Crippen molar-refractivity contribution >= 4 is 0 Å². The summed E-state index contributed by atoms with van der Waals surface area (Å²) < 4.78 is 0. The van der Waals surface area contributed by atoms with Gasteiger partial charge in [0.1, 0.15) is 0 Å². The van der Waals surface area contributed by atoms with Crippen molar-refractivity contribution in [2.24, 2.45) is 0 Å². The lowest BCUT2D eigenvalue weighted by molar-refractivity contribution is 1.59. The van der Waals surface area contributed by atoms with Crippen LogP contribution in [0.2, 0.25) is 0 Å². The second-order valence-electron chi connectivity index (χ2n) is 2.82. The summed E-state index contributed by atoms with van der Waals surface area (Å²) in [7, 11) is 0. The van der Waals surface area contributed by atoms with Crippen molar-refractivity contribution < 1.29 is 0 Å². The summed E-state index contributed by atoms with van der Waals surface area (Å²) in [6.45, 7) is 11.8. The molecule has 74 valence electrons. The molecule has 0 heteroatoms. The van der Waals surface area contributed by atoms with Crippen molar-refractivity contribution in [2.75, 3.05) is 0 Å². The molecule has 0 aliphatic carbocycles. The van der Waals surface area contributed by atoms with E-state index in [1.165, 1.54) is 0 Å². The van der Waals surface area contributed by atoms with E-state index < -0.39 is 0 Å². The van der Waals surface area contributed by atoms with Crippen LogP contribution in [-0.4, -0.2) is 0 Å². The number of rotatable bonds is 5. The first-order valence-corrected chi connectivity index (χ1v) is 4.69. The van der Waals surface area contributed by atoms with Crippen LogP contribution in [-0.2, 0) is 0 Å². The van der Waals surface area contributed by atoms with Crippen LogP contribution in [0, 0.1) is 0 Å². The van der Waals surface area contributed by atoms with Gasteiger partial charge in [-0.25, -0.2) is 0 Å². The summed E-state index contributed by atoms with van der Waals surface area (Å²) in [5, 5.41) is 0. The largest absolute Gasteiger partial charge is 0.0912 e. The zero-order valence-electron chi connectivity index (χ0n) is 9.03. The van der Waals surface area contributed by atoms with Crippen LogP contribution in [0.4, 0.5) is 0 Å². The van der Waals surface area contributed by atoms with Crippen molar-refractivity contribution in [1.82, 2.24) is 0 Å². The summed E-state index contributed by atoms with van der Waals surface area (Å²) in [6, 6.07) is 0. The highest BCUT2D eigenvalue weighted by molar-refractivity contribution is 5.43. The molecule has 0 N–H and O–H groups in total. The van der Waals surface area contributed by atoms with Gasteiger partial charge in [0.2, 0.25) is 0 Å². The Morgan fingerprint density at radius 3 is 1.36 bits per heavy atom. The molecule has 0 bridgehead atoms. The summed E-state index contributed by atoms with van der Waals surface area (Å²) in [6.07, 6.45) is 15.7. The van der Waals surface area contributed by atoms with Gasteiger partial charge >= 0.3 is 0 Å². The first-order valence-electron chi connectivity index (χ1n) is 4.69. The third kappa shape index (κ3) is 6.01. The highest BCUT2D eigenvalue weighted by atomic mass is 13.9. The first-order chi connectivity index (χ1) is 6.72. The molecule has 0 aliphatic heterocycles. The maximum absolute atomic E-state index is 3.91. The molecular formula is C14H18. The molecule has 0 aromatic carbocycles. The first kappa shape index (κ1) is 12.4. The van der Waals surface area contributed by atoms with E-state index in [0.29, 0.717) is 0 Å². The second-order valence-corrected chi connectivity index (χ2v) is 2.82. The van der Waals surface area contributed by atoms with Crippen molar-refractivity contribution in [3.05, 3.63) is 72.9 Å². The molecule has 0 spiro atoms. The molecule has 0 aliphatic rings. The summed E-state index contributed by atoms with van der Waals surface area (Å²) in [4.78, 5) is 0. The third-order valence-electron chi connectivity index (χ3n) is 1.61. The Labute approximate surface area is 87.3 Å². The van der Waals surface area contributed by atoms with E-state index >= 15 is 0 Å². The summed E-state index contributed by atoms with van der Waals surface area (Å²) in [5.41, 5.74) is 1.87. The zero-order chi connectivity index (χ0) is 10.8. The van der Waals surface area contributed by atoms with E-state index in [4.69, 9.17) is 0 Å². The Balaban J connectivity index is 4.20. The monoisotopic (exact) mass is 186 g/mol. The molecule has 0 aromatic heterocycles. The molecule has 0 unspecified atom stereocenters. The standard InChI is InChI=1S/C14H18/c1-5-7-9-11-13(3)14(4)12-10-8-6-2/h5-12H,3-4H2,1-2H3/b7-5-,8-6-,11-9-,12-10-. The van der Waals surface area contributed by atoms with E-state index in [2.05, 4.69) is 13.2 Å². The topological polar surface area (TPSA) is 0 Å². The molecule has 0 heterocycles. The highest BCUT2D eigenvalue weighted by Gasteiger charge is 1.88. The summed E-state index contributed by atoms with van der Waals surface area (Å²) >= 11 is 0. The average molecular weight is 186 g/mol. The molecule has 0 saturated carbocycles. The van der Waals surface area contributed by atoms with Crippen molar-refractivity contribution in [1.29, 1.82) is 0 Å². The number of allylic oxidation sites excluding steroid dienone is 10. The minimum atomic E-state index is 0.934. The van der Waals surface area contributed by atoms with E-state index in [1.807, 2.05) is 62.5 Å². The van der Waals surface area contributed by atoms with Crippen LogP contribution in [0.1, 0.15) is 13.8 Å². The third-order valence-corrected chi connectivity index (χ3v) is 1.61. The molecular weight excluding hydrogens is 168 g/mol. The Morgan fingerprint density at radius 1 is 0.714 bits per heavy atom. The highest BCUT2D eigenvalue weighted by Crippen LogP contribution is 2.08. The van der Waals surface area contributed by atoms with Gasteiger partial charge in [-0.2, -0.15) is 0 Å². The Hall–Kier alpha value is -1.56. The van der Waals surface area contributed by atoms with Gasteiger partial charge in [-0.3, -0.25) is 0 Å². The smallest absolute Gasteiger partial charge is 0.0262 e. The molecule has 0 aromatic rings. The maximum Gasteiger partial charge on any atom is -0.0262 e. The lowest BCUT2D eigenvalue weighted by Crippen LogP contribution is -1.76. The van der Waals surface area contributed by atoms with Gasteiger partial charge < -0.3 is 0 Å². The van der Waals surface area contributed by atoms with E-state index in [1.54, 1.807) is 0 Å². The second kappa shape index (κ2) is 8.06. The van der Waals surface area contributed by atoms with Gasteiger partial charge in [0.05, 0.1) is 0 Å². The fourth-order valence-corrected chi connectivity index (χ4v) is 0.780. The van der Waals surface area contributed by atoms with Gasteiger partial charge in [0.15, 0.2) is 0 Å². The van der Waals surface area contributed by atoms with Gasteiger partial charge in [0, 0.05) is 0 Å². The van der Waals surface area contributed by atoms with Gasteiger partial charge in [0.25, 0.3) is 0 Å².